The van der Waals surface area contributed by atoms with E-state index < -0.39 is 0 Å². The third kappa shape index (κ3) is 5.49. The average molecular weight is 270 g/mol. The van der Waals surface area contributed by atoms with Crippen LogP contribution in [0.15, 0.2) is 0 Å². The predicted octanol–water partition coefficient (Wildman–Crippen LogP) is 1.99. The highest BCUT2D eigenvalue weighted by molar-refractivity contribution is 5.75. The van der Waals surface area contributed by atoms with E-state index in [2.05, 4.69) is 4.90 Å². The van der Waals surface area contributed by atoms with Crippen molar-refractivity contribution in [1.82, 2.24) is 9.80 Å². The molecule has 4 heteroatoms. The SMILES string of the molecule is CC.CCC(=O)N1CCN(CC2CCOCC2)CC1. The maximum atomic E-state index is 11.6. The van der Waals surface area contributed by atoms with Crippen molar-refractivity contribution in [2.75, 3.05) is 45.9 Å². The van der Waals surface area contributed by atoms with Crippen LogP contribution < -0.4 is 0 Å². The summed E-state index contributed by atoms with van der Waals surface area (Å²) in [5.41, 5.74) is 0. The van der Waals surface area contributed by atoms with Crippen molar-refractivity contribution in [3.05, 3.63) is 0 Å². The Bertz CT molecular complexity index is 245. The highest BCUT2D eigenvalue weighted by Crippen LogP contribution is 2.17. The summed E-state index contributed by atoms with van der Waals surface area (Å²) in [5, 5.41) is 0. The van der Waals surface area contributed by atoms with Crippen molar-refractivity contribution in [3.8, 4) is 0 Å². The smallest absolute Gasteiger partial charge is 0.222 e. The molecule has 0 bridgehead atoms. The van der Waals surface area contributed by atoms with Crippen LogP contribution in [0.1, 0.15) is 40.0 Å². The molecular weight excluding hydrogens is 240 g/mol. The lowest BCUT2D eigenvalue weighted by Gasteiger charge is -2.37. The number of nitrogens with zero attached hydrogens (tertiary/aromatic N) is 2. The highest BCUT2D eigenvalue weighted by Gasteiger charge is 2.23. The molecule has 0 atom stereocenters. The van der Waals surface area contributed by atoms with E-state index >= 15 is 0 Å². The second kappa shape index (κ2) is 9.32. The zero-order chi connectivity index (χ0) is 14.1. The van der Waals surface area contributed by atoms with Crippen LogP contribution in [0, 0.1) is 5.92 Å². The zero-order valence-electron chi connectivity index (χ0n) is 12.9. The van der Waals surface area contributed by atoms with Crippen molar-refractivity contribution in [2.24, 2.45) is 5.92 Å². The first-order valence-corrected chi connectivity index (χ1v) is 7.87. The predicted molar refractivity (Wildman–Crippen MR) is 78.2 cm³/mol. The van der Waals surface area contributed by atoms with Crippen LogP contribution in [0.2, 0.25) is 0 Å². The monoisotopic (exact) mass is 270 g/mol. The van der Waals surface area contributed by atoms with Gasteiger partial charge < -0.3 is 9.64 Å². The molecule has 0 saturated carbocycles. The molecule has 2 aliphatic heterocycles. The Morgan fingerprint density at radius 3 is 2.21 bits per heavy atom. The van der Waals surface area contributed by atoms with Gasteiger partial charge in [-0.25, -0.2) is 0 Å². The number of rotatable bonds is 3. The van der Waals surface area contributed by atoms with Crippen LogP contribution in [0.25, 0.3) is 0 Å². The Morgan fingerprint density at radius 2 is 1.68 bits per heavy atom. The van der Waals surface area contributed by atoms with Crippen molar-refractivity contribution < 1.29 is 9.53 Å². The second-order valence-corrected chi connectivity index (χ2v) is 5.09. The molecule has 0 aromatic carbocycles. The fraction of sp³-hybridized carbons (Fsp3) is 0.933. The Hall–Kier alpha value is -0.610. The minimum Gasteiger partial charge on any atom is -0.381 e. The number of amides is 1. The van der Waals surface area contributed by atoms with Crippen molar-refractivity contribution in [1.29, 1.82) is 0 Å². The number of ether oxygens (including phenoxy) is 1. The largest absolute Gasteiger partial charge is 0.381 e. The summed E-state index contributed by atoms with van der Waals surface area (Å²) in [6, 6.07) is 0. The van der Waals surface area contributed by atoms with E-state index in [-0.39, 0.29) is 0 Å². The van der Waals surface area contributed by atoms with Gasteiger partial charge in [-0.1, -0.05) is 20.8 Å². The molecule has 0 N–H and O–H groups in total. The van der Waals surface area contributed by atoms with E-state index in [4.69, 9.17) is 4.74 Å². The topological polar surface area (TPSA) is 32.8 Å². The molecule has 2 heterocycles. The molecule has 4 nitrogen and oxygen atoms in total. The molecule has 2 aliphatic rings. The van der Waals surface area contributed by atoms with Gasteiger partial charge in [0.05, 0.1) is 0 Å². The summed E-state index contributed by atoms with van der Waals surface area (Å²) in [6.45, 7) is 12.9. The van der Waals surface area contributed by atoms with Crippen LogP contribution in [0.4, 0.5) is 0 Å². The normalized spacial score (nSPS) is 21.7. The number of hydrogen-bond acceptors (Lipinski definition) is 3. The van der Waals surface area contributed by atoms with Crippen molar-refractivity contribution in [2.45, 2.75) is 40.0 Å². The fourth-order valence-electron chi connectivity index (χ4n) is 2.70. The Balaban J connectivity index is 0.000000861. The zero-order valence-corrected chi connectivity index (χ0v) is 12.9. The Morgan fingerprint density at radius 1 is 1.11 bits per heavy atom. The van der Waals surface area contributed by atoms with E-state index in [0.717, 1.165) is 45.3 Å². The van der Waals surface area contributed by atoms with Gasteiger partial charge >= 0.3 is 0 Å². The van der Waals surface area contributed by atoms with Gasteiger partial charge in [-0.05, 0) is 18.8 Å². The fourth-order valence-corrected chi connectivity index (χ4v) is 2.70. The van der Waals surface area contributed by atoms with Crippen molar-refractivity contribution in [3.63, 3.8) is 0 Å². The molecule has 0 radical (unpaired) electrons. The first-order valence-electron chi connectivity index (χ1n) is 7.87. The third-order valence-electron chi connectivity index (χ3n) is 3.88. The first kappa shape index (κ1) is 16.4. The van der Waals surface area contributed by atoms with E-state index in [1.54, 1.807) is 0 Å². The van der Waals surface area contributed by atoms with Crippen LogP contribution in [0.3, 0.4) is 0 Å². The standard InChI is InChI=1S/C13H24N2O2.C2H6/c1-2-13(16)15-7-5-14(6-8-15)11-12-3-9-17-10-4-12;1-2/h12H,2-11H2,1H3;1-2H3. The Labute approximate surface area is 118 Å². The molecule has 0 aromatic heterocycles. The van der Waals surface area contributed by atoms with Gasteiger partial charge in [0.25, 0.3) is 0 Å². The van der Waals surface area contributed by atoms with Crippen LogP contribution >= 0.6 is 0 Å². The molecule has 112 valence electrons. The minimum absolute atomic E-state index is 0.302. The van der Waals surface area contributed by atoms with Crippen molar-refractivity contribution >= 4 is 5.91 Å². The molecule has 0 unspecified atom stereocenters. The molecule has 2 rings (SSSR count). The molecule has 0 aliphatic carbocycles. The van der Waals surface area contributed by atoms with E-state index in [1.807, 2.05) is 25.7 Å². The number of hydrogen-bond donors (Lipinski definition) is 0. The summed E-state index contributed by atoms with van der Waals surface area (Å²) in [6.07, 6.45) is 3.04. The van der Waals surface area contributed by atoms with Gasteiger partial charge in [0.1, 0.15) is 0 Å². The maximum absolute atomic E-state index is 11.6. The van der Waals surface area contributed by atoms with Gasteiger partial charge in [-0.3, -0.25) is 9.69 Å². The van der Waals surface area contributed by atoms with Crippen LogP contribution in [-0.2, 0) is 9.53 Å². The van der Waals surface area contributed by atoms with Gasteiger partial charge in [0, 0.05) is 52.4 Å². The summed E-state index contributed by atoms with van der Waals surface area (Å²) in [7, 11) is 0. The number of piperazine rings is 1. The van der Waals surface area contributed by atoms with E-state index in [9.17, 15) is 4.79 Å². The highest BCUT2D eigenvalue weighted by atomic mass is 16.5. The molecule has 1 amide bonds. The Kier molecular flexibility index (Phi) is 8.07. The average Bonchev–Trinajstić information content (AvgIpc) is 2.50. The summed E-state index contributed by atoms with van der Waals surface area (Å²) in [5.74, 6) is 1.10. The molecule has 2 fully saturated rings. The van der Waals surface area contributed by atoms with E-state index in [1.165, 1.54) is 19.4 Å². The third-order valence-corrected chi connectivity index (χ3v) is 3.88. The van der Waals surface area contributed by atoms with Crippen LogP contribution in [0.5, 0.6) is 0 Å². The molecule has 0 aromatic rings. The van der Waals surface area contributed by atoms with Gasteiger partial charge in [-0.15, -0.1) is 0 Å². The summed E-state index contributed by atoms with van der Waals surface area (Å²) >= 11 is 0. The van der Waals surface area contributed by atoms with E-state index in [0.29, 0.717) is 12.3 Å². The lowest BCUT2D eigenvalue weighted by atomic mass is 9.99. The molecular formula is C15H30N2O2. The molecule has 19 heavy (non-hydrogen) atoms. The first-order chi connectivity index (χ1) is 9.29. The summed E-state index contributed by atoms with van der Waals surface area (Å²) < 4.78 is 5.38. The number of carbonyl (C=O) groups is 1. The lowest BCUT2D eigenvalue weighted by Crippen LogP contribution is -2.49. The quantitative estimate of drug-likeness (QED) is 0.786. The van der Waals surface area contributed by atoms with Gasteiger partial charge in [0.15, 0.2) is 0 Å². The minimum atomic E-state index is 0.302. The lowest BCUT2D eigenvalue weighted by molar-refractivity contribution is -0.132. The van der Waals surface area contributed by atoms with Gasteiger partial charge in [0.2, 0.25) is 5.91 Å². The molecule has 0 spiro atoms. The second-order valence-electron chi connectivity index (χ2n) is 5.09. The summed E-state index contributed by atoms with van der Waals surface area (Å²) in [4.78, 5) is 16.1. The van der Waals surface area contributed by atoms with Crippen LogP contribution in [-0.4, -0.2) is 61.6 Å². The number of carbonyl (C=O) groups excluding carboxylic acids is 1. The molecule has 2 saturated heterocycles. The van der Waals surface area contributed by atoms with Gasteiger partial charge in [-0.2, -0.15) is 0 Å². The maximum Gasteiger partial charge on any atom is 0.222 e.